The van der Waals surface area contributed by atoms with Gasteiger partial charge < -0.3 is 0 Å². The van der Waals surface area contributed by atoms with Crippen molar-refractivity contribution in [3.8, 4) is 0 Å². The minimum absolute atomic E-state index is 0.161. The number of nitrogens with zero attached hydrogens (tertiary/aromatic N) is 1. The van der Waals surface area contributed by atoms with Gasteiger partial charge in [-0.15, -0.1) is 13.2 Å². The first kappa shape index (κ1) is 17.9. The van der Waals surface area contributed by atoms with E-state index in [1.165, 1.54) is 5.33 Å². The molecular formula is C19H30N2OSi. The fourth-order valence-corrected chi connectivity index (χ4v) is 6.20. The van der Waals surface area contributed by atoms with Crippen LogP contribution < -0.4 is 5.43 Å². The van der Waals surface area contributed by atoms with Crippen LogP contribution in [-0.4, -0.2) is 25.2 Å². The van der Waals surface area contributed by atoms with E-state index in [1.54, 1.807) is 0 Å². The highest BCUT2D eigenvalue weighted by molar-refractivity contribution is 7.04. The van der Waals surface area contributed by atoms with Crippen LogP contribution in [0.15, 0.2) is 42.6 Å². The lowest BCUT2D eigenvalue weighted by atomic mass is 9.56. The van der Waals surface area contributed by atoms with Crippen molar-refractivity contribution < 1.29 is 4.79 Å². The van der Waals surface area contributed by atoms with Crippen LogP contribution in [0.5, 0.6) is 0 Å². The molecule has 1 N–H and O–H groups in total. The molecule has 0 spiro atoms. The van der Waals surface area contributed by atoms with E-state index in [0.717, 1.165) is 12.0 Å². The van der Waals surface area contributed by atoms with Crippen LogP contribution in [0, 0.1) is 17.3 Å². The predicted octanol–water partition coefficient (Wildman–Crippen LogP) is 4.11. The Bertz CT molecular complexity index is 560. The van der Waals surface area contributed by atoms with Crippen LogP contribution in [0.2, 0.25) is 19.6 Å². The second-order valence-corrected chi connectivity index (χ2v) is 13.1. The Morgan fingerprint density at radius 1 is 1.35 bits per heavy atom. The molecule has 0 radical (unpaired) electrons. The van der Waals surface area contributed by atoms with Gasteiger partial charge in [0.05, 0.1) is 8.07 Å². The molecule has 0 aromatic heterocycles. The summed E-state index contributed by atoms with van der Waals surface area (Å²) >= 11 is 0. The summed E-state index contributed by atoms with van der Waals surface area (Å²) in [5, 5.41) is 5.85. The number of Topliss-reactive ketones (excluding diaryl/α,β-unsaturated/α-hetero) is 1. The fraction of sp³-hybridized carbons (Fsp3) is 0.579. The van der Waals surface area contributed by atoms with Crippen molar-refractivity contribution >= 4 is 19.2 Å². The third kappa shape index (κ3) is 2.89. The lowest BCUT2D eigenvalue weighted by molar-refractivity contribution is -0.137. The van der Waals surface area contributed by atoms with Crippen molar-refractivity contribution in [3.05, 3.63) is 37.5 Å². The average Bonchev–Trinajstić information content (AvgIpc) is 2.86. The normalized spacial score (nSPS) is 29.3. The Balaban J connectivity index is 2.47. The van der Waals surface area contributed by atoms with Gasteiger partial charge in [0, 0.05) is 16.7 Å². The molecule has 0 aromatic carbocycles. The van der Waals surface area contributed by atoms with Crippen molar-refractivity contribution in [1.29, 1.82) is 0 Å². The summed E-state index contributed by atoms with van der Waals surface area (Å²) < 4.78 is 0. The van der Waals surface area contributed by atoms with E-state index < -0.39 is 13.5 Å². The van der Waals surface area contributed by atoms with Crippen LogP contribution in [-0.2, 0) is 4.79 Å². The highest BCUT2D eigenvalue weighted by Crippen LogP contribution is 2.51. The number of carbonyl (C=O) groups excluding carboxylic acids is 1. The van der Waals surface area contributed by atoms with E-state index in [2.05, 4.69) is 49.9 Å². The van der Waals surface area contributed by atoms with Gasteiger partial charge in [0.1, 0.15) is 6.04 Å². The van der Waals surface area contributed by atoms with Gasteiger partial charge in [0.25, 0.3) is 0 Å². The van der Waals surface area contributed by atoms with Gasteiger partial charge in [-0.25, -0.2) is 0 Å². The molecule has 23 heavy (non-hydrogen) atoms. The summed E-state index contributed by atoms with van der Waals surface area (Å²) in [4.78, 5) is 13.4. The first-order chi connectivity index (χ1) is 10.7. The number of carbonyl (C=O) groups is 1. The van der Waals surface area contributed by atoms with Crippen molar-refractivity contribution in [1.82, 2.24) is 5.43 Å². The molecule has 0 amide bonds. The summed E-state index contributed by atoms with van der Waals surface area (Å²) in [7, 11) is -1.54. The van der Waals surface area contributed by atoms with Crippen molar-refractivity contribution in [2.75, 3.05) is 0 Å². The Labute approximate surface area is 141 Å². The smallest absolute Gasteiger partial charge is 0.164 e. The molecule has 0 saturated heterocycles. The molecule has 2 aliphatic rings. The Kier molecular flexibility index (Phi) is 4.86. The molecule has 1 unspecified atom stereocenters. The Morgan fingerprint density at radius 2 is 1.91 bits per heavy atom. The van der Waals surface area contributed by atoms with Crippen LogP contribution in [0.25, 0.3) is 0 Å². The second kappa shape index (κ2) is 6.23. The van der Waals surface area contributed by atoms with Gasteiger partial charge in [-0.05, 0) is 32.1 Å². The van der Waals surface area contributed by atoms with Gasteiger partial charge in [-0.2, -0.15) is 5.10 Å². The third-order valence-corrected chi connectivity index (χ3v) is 7.41. The fourth-order valence-electron chi connectivity index (χ4n) is 4.40. The monoisotopic (exact) mass is 330 g/mol. The molecule has 1 aliphatic heterocycles. The number of rotatable bonds is 6. The summed E-state index contributed by atoms with van der Waals surface area (Å²) in [5.74, 6) is 0.644. The molecule has 126 valence electrons. The number of hydrogen-bond donors (Lipinski definition) is 1. The minimum Gasteiger partial charge on any atom is -0.299 e. The van der Waals surface area contributed by atoms with E-state index in [-0.39, 0.29) is 23.7 Å². The number of ketones is 1. The number of hydrogen-bond acceptors (Lipinski definition) is 3. The highest BCUT2D eigenvalue weighted by Gasteiger charge is 2.57. The maximum Gasteiger partial charge on any atom is 0.164 e. The van der Waals surface area contributed by atoms with Crippen molar-refractivity contribution in [2.24, 2.45) is 22.4 Å². The lowest BCUT2D eigenvalue weighted by Gasteiger charge is -2.47. The van der Waals surface area contributed by atoms with Gasteiger partial charge in [0.2, 0.25) is 0 Å². The number of allylic oxidation sites excluding steroid dienone is 3. The average molecular weight is 331 g/mol. The molecule has 1 aliphatic carbocycles. The number of hydrazone groups is 1. The minimum atomic E-state index is -1.54. The first-order valence-electron chi connectivity index (χ1n) is 8.44. The van der Waals surface area contributed by atoms with Crippen molar-refractivity contribution in [2.45, 2.75) is 51.9 Å². The zero-order valence-electron chi connectivity index (χ0n) is 15.0. The molecule has 3 atom stereocenters. The molecule has 1 heterocycles. The Morgan fingerprint density at radius 3 is 2.35 bits per heavy atom. The zero-order chi connectivity index (χ0) is 17.4. The molecule has 4 heteroatoms. The standard InChI is InChI=1S/C19H30N2OSi/c1-8-10-19(11-9-2)15(13(3)4)12-14-16(17(19)22)20-21-18(14)23(5,6)7/h8-9,14-16,20H,1-3,10-12H2,4-7H3/t14-,15?,16+/m0/s1. The first-order valence-corrected chi connectivity index (χ1v) is 11.9. The summed E-state index contributed by atoms with van der Waals surface area (Å²) in [5.41, 5.74) is 3.79. The largest absolute Gasteiger partial charge is 0.299 e. The SMILES string of the molecule is C=CCC1(CC=C)C(=O)[C@@H]2NN=C([Si](C)(C)C)[C@H]2CC1C(=C)C. The molecule has 0 bridgehead atoms. The van der Waals surface area contributed by atoms with Gasteiger partial charge in [-0.3, -0.25) is 10.2 Å². The maximum atomic E-state index is 13.4. The summed E-state index contributed by atoms with van der Waals surface area (Å²) in [6.07, 6.45) is 6.02. The molecule has 1 fully saturated rings. The van der Waals surface area contributed by atoms with E-state index in [0.29, 0.717) is 12.8 Å². The topological polar surface area (TPSA) is 41.5 Å². The lowest BCUT2D eigenvalue weighted by Crippen LogP contribution is -2.57. The van der Waals surface area contributed by atoms with Crippen LogP contribution in [0.1, 0.15) is 26.2 Å². The van der Waals surface area contributed by atoms with E-state index >= 15 is 0 Å². The second-order valence-electron chi connectivity index (χ2n) is 8.10. The van der Waals surface area contributed by atoms with E-state index in [9.17, 15) is 4.79 Å². The molecule has 1 saturated carbocycles. The van der Waals surface area contributed by atoms with Crippen LogP contribution >= 0.6 is 0 Å². The quantitative estimate of drug-likeness (QED) is 0.588. The number of nitrogens with one attached hydrogen (secondary N) is 1. The van der Waals surface area contributed by atoms with E-state index in [1.807, 2.05) is 19.1 Å². The van der Waals surface area contributed by atoms with Gasteiger partial charge in [0.15, 0.2) is 5.78 Å². The Hall–Kier alpha value is -1.42. The molecule has 2 rings (SSSR count). The highest BCUT2D eigenvalue weighted by atomic mass is 28.3. The van der Waals surface area contributed by atoms with Crippen molar-refractivity contribution in [3.63, 3.8) is 0 Å². The molecule has 0 aromatic rings. The molecule has 3 nitrogen and oxygen atoms in total. The third-order valence-electron chi connectivity index (χ3n) is 5.39. The zero-order valence-corrected chi connectivity index (χ0v) is 16.0. The van der Waals surface area contributed by atoms with Gasteiger partial charge in [-0.1, -0.05) is 43.9 Å². The van der Waals surface area contributed by atoms with Gasteiger partial charge >= 0.3 is 0 Å². The summed E-state index contributed by atoms with van der Waals surface area (Å²) in [6, 6.07) is -0.188. The maximum absolute atomic E-state index is 13.4. The van der Waals surface area contributed by atoms with E-state index in [4.69, 9.17) is 0 Å². The van der Waals surface area contributed by atoms with Crippen LogP contribution in [0.3, 0.4) is 0 Å². The predicted molar refractivity (Wildman–Crippen MR) is 101 cm³/mol. The van der Waals surface area contributed by atoms with Crippen LogP contribution in [0.4, 0.5) is 0 Å². The summed E-state index contributed by atoms with van der Waals surface area (Å²) in [6.45, 7) is 20.9. The molecular weight excluding hydrogens is 300 g/mol. The number of fused-ring (bicyclic) bond motifs is 1.